The van der Waals surface area contributed by atoms with E-state index in [-0.39, 0.29) is 6.04 Å². The fourth-order valence-corrected chi connectivity index (χ4v) is 2.37. The van der Waals surface area contributed by atoms with E-state index >= 15 is 0 Å². The first-order valence-electron chi connectivity index (χ1n) is 6.60. The Morgan fingerprint density at radius 1 is 1.27 bits per heavy atom. The van der Waals surface area contributed by atoms with Crippen LogP contribution in [0, 0.1) is 0 Å². The highest BCUT2D eigenvalue weighted by Gasteiger charge is 2.08. The Labute approximate surface area is 144 Å². The van der Waals surface area contributed by atoms with Crippen molar-refractivity contribution in [1.29, 1.82) is 0 Å². The van der Waals surface area contributed by atoms with Gasteiger partial charge in [-0.3, -0.25) is 5.43 Å². The Hall–Kier alpha value is -1.56. The molecule has 0 aliphatic carbocycles. The maximum Gasteiger partial charge on any atom is 0.187 e. The molecule has 2 rings (SSSR count). The van der Waals surface area contributed by atoms with Gasteiger partial charge in [-0.05, 0) is 56.4 Å². The Bertz CT molecular complexity index is 698. The van der Waals surface area contributed by atoms with Gasteiger partial charge in [0.15, 0.2) is 5.11 Å². The molecule has 2 aromatic rings. The van der Waals surface area contributed by atoms with Crippen LogP contribution in [0.3, 0.4) is 0 Å². The average Bonchev–Trinajstić information content (AvgIpc) is 2.89. The molecule has 2 N–H and O–H groups in total. The molecule has 0 radical (unpaired) electrons. The molecule has 0 spiro atoms. The molecule has 1 heterocycles. The van der Waals surface area contributed by atoms with Crippen molar-refractivity contribution in [3.63, 3.8) is 0 Å². The van der Waals surface area contributed by atoms with Gasteiger partial charge in [-0.25, -0.2) is 0 Å². The summed E-state index contributed by atoms with van der Waals surface area (Å²) in [6.07, 6.45) is 1.54. The third kappa shape index (κ3) is 4.73. The van der Waals surface area contributed by atoms with Crippen LogP contribution in [0.4, 0.5) is 0 Å². The zero-order chi connectivity index (χ0) is 16.1. The molecular formula is C15H15Cl2N3OS. The van der Waals surface area contributed by atoms with Crippen molar-refractivity contribution in [2.45, 2.75) is 19.9 Å². The lowest BCUT2D eigenvalue weighted by atomic mass is 10.2. The summed E-state index contributed by atoms with van der Waals surface area (Å²) in [5, 5.41) is 8.65. The van der Waals surface area contributed by atoms with E-state index in [1.165, 1.54) is 6.21 Å². The largest absolute Gasteiger partial charge is 0.455 e. The van der Waals surface area contributed by atoms with Gasteiger partial charge in [0.1, 0.15) is 11.5 Å². The molecule has 0 unspecified atom stereocenters. The molecule has 22 heavy (non-hydrogen) atoms. The molecule has 1 aromatic carbocycles. The number of benzene rings is 1. The SMILES string of the molecule is CC(C)NC(=S)N/N=C\c1ccc(-c2cc(Cl)ccc2Cl)o1. The minimum Gasteiger partial charge on any atom is -0.455 e. The smallest absolute Gasteiger partial charge is 0.187 e. The summed E-state index contributed by atoms with van der Waals surface area (Å²) in [6, 6.07) is 9.05. The van der Waals surface area contributed by atoms with Gasteiger partial charge >= 0.3 is 0 Å². The first kappa shape index (κ1) is 16.8. The molecule has 1 aromatic heterocycles. The molecular weight excluding hydrogens is 341 g/mol. The summed E-state index contributed by atoms with van der Waals surface area (Å²) in [4.78, 5) is 0. The fourth-order valence-electron chi connectivity index (χ4n) is 1.70. The van der Waals surface area contributed by atoms with Crippen molar-refractivity contribution in [1.82, 2.24) is 10.7 Å². The molecule has 0 amide bonds. The second kappa shape index (κ2) is 7.63. The van der Waals surface area contributed by atoms with Crippen LogP contribution in [-0.4, -0.2) is 17.4 Å². The zero-order valence-corrected chi connectivity index (χ0v) is 14.4. The van der Waals surface area contributed by atoms with Gasteiger partial charge in [-0.1, -0.05) is 23.2 Å². The van der Waals surface area contributed by atoms with Gasteiger partial charge in [-0.15, -0.1) is 0 Å². The number of thiocarbonyl (C=S) groups is 1. The van der Waals surface area contributed by atoms with E-state index in [1.807, 2.05) is 19.9 Å². The highest BCUT2D eigenvalue weighted by molar-refractivity contribution is 7.80. The topological polar surface area (TPSA) is 49.6 Å². The lowest BCUT2D eigenvalue weighted by Gasteiger charge is -2.09. The highest BCUT2D eigenvalue weighted by atomic mass is 35.5. The van der Waals surface area contributed by atoms with Crippen molar-refractivity contribution in [2.24, 2.45) is 5.10 Å². The first-order valence-corrected chi connectivity index (χ1v) is 7.77. The Kier molecular flexibility index (Phi) is 5.83. The normalized spacial score (nSPS) is 11.1. The maximum absolute atomic E-state index is 6.14. The quantitative estimate of drug-likeness (QED) is 0.482. The van der Waals surface area contributed by atoms with Gasteiger partial charge in [-0.2, -0.15) is 5.10 Å². The van der Waals surface area contributed by atoms with E-state index in [1.54, 1.807) is 24.3 Å². The second-order valence-electron chi connectivity index (χ2n) is 4.82. The van der Waals surface area contributed by atoms with Crippen LogP contribution in [0.2, 0.25) is 10.0 Å². The third-order valence-corrected chi connectivity index (χ3v) is 3.37. The molecule has 0 saturated carbocycles. The Balaban J connectivity index is 2.05. The zero-order valence-electron chi connectivity index (χ0n) is 12.1. The van der Waals surface area contributed by atoms with Gasteiger partial charge in [0.2, 0.25) is 0 Å². The van der Waals surface area contributed by atoms with Crippen LogP contribution in [-0.2, 0) is 0 Å². The monoisotopic (exact) mass is 355 g/mol. The fraction of sp³-hybridized carbons (Fsp3) is 0.200. The van der Waals surface area contributed by atoms with Crippen LogP contribution >= 0.6 is 35.4 Å². The van der Waals surface area contributed by atoms with E-state index in [0.29, 0.717) is 26.7 Å². The molecule has 0 atom stereocenters. The predicted molar refractivity (Wildman–Crippen MR) is 95.8 cm³/mol. The number of halogens is 2. The first-order chi connectivity index (χ1) is 10.5. The summed E-state index contributed by atoms with van der Waals surface area (Å²) in [5.41, 5.74) is 3.45. The van der Waals surface area contributed by atoms with Crippen LogP contribution < -0.4 is 10.7 Å². The summed E-state index contributed by atoms with van der Waals surface area (Å²) in [5.74, 6) is 1.20. The summed E-state index contributed by atoms with van der Waals surface area (Å²) < 4.78 is 5.67. The van der Waals surface area contributed by atoms with Crippen molar-refractivity contribution in [3.8, 4) is 11.3 Å². The number of hydrogen-bond acceptors (Lipinski definition) is 3. The third-order valence-electron chi connectivity index (χ3n) is 2.60. The van der Waals surface area contributed by atoms with Crippen molar-refractivity contribution >= 4 is 46.7 Å². The van der Waals surface area contributed by atoms with E-state index in [4.69, 9.17) is 39.8 Å². The molecule has 0 saturated heterocycles. The number of hydrogen-bond donors (Lipinski definition) is 2. The number of rotatable bonds is 4. The molecule has 0 aliphatic rings. The number of nitrogens with one attached hydrogen (secondary N) is 2. The summed E-state index contributed by atoms with van der Waals surface area (Å²) in [7, 11) is 0. The van der Waals surface area contributed by atoms with E-state index in [9.17, 15) is 0 Å². The van der Waals surface area contributed by atoms with Crippen molar-refractivity contribution in [3.05, 3.63) is 46.1 Å². The lowest BCUT2D eigenvalue weighted by Crippen LogP contribution is -2.36. The number of nitrogens with zero attached hydrogens (tertiary/aromatic N) is 1. The number of furan rings is 1. The maximum atomic E-state index is 6.14. The second-order valence-corrected chi connectivity index (χ2v) is 6.08. The molecule has 0 aliphatic heterocycles. The summed E-state index contributed by atoms with van der Waals surface area (Å²) >= 11 is 17.2. The van der Waals surface area contributed by atoms with E-state index in [0.717, 1.165) is 5.56 Å². The lowest BCUT2D eigenvalue weighted by molar-refractivity contribution is 0.574. The number of hydrazone groups is 1. The standard InChI is InChI=1S/C15H15Cl2N3OS/c1-9(2)19-15(22)20-18-8-11-4-6-14(21-11)12-7-10(16)3-5-13(12)17/h3-9H,1-2H3,(H2,19,20,22)/b18-8-. The Morgan fingerprint density at radius 3 is 2.77 bits per heavy atom. The average molecular weight is 356 g/mol. The van der Waals surface area contributed by atoms with Gasteiger partial charge in [0.05, 0.1) is 11.2 Å². The minimum absolute atomic E-state index is 0.246. The summed E-state index contributed by atoms with van der Waals surface area (Å²) in [6.45, 7) is 3.98. The van der Waals surface area contributed by atoms with E-state index in [2.05, 4.69) is 15.8 Å². The minimum atomic E-state index is 0.246. The Morgan fingerprint density at radius 2 is 2.05 bits per heavy atom. The molecule has 0 fully saturated rings. The van der Waals surface area contributed by atoms with Gasteiger partial charge in [0, 0.05) is 16.6 Å². The predicted octanol–water partition coefficient (Wildman–Crippen LogP) is 4.46. The van der Waals surface area contributed by atoms with Crippen molar-refractivity contribution in [2.75, 3.05) is 0 Å². The van der Waals surface area contributed by atoms with Gasteiger partial charge < -0.3 is 9.73 Å². The molecule has 0 bridgehead atoms. The van der Waals surface area contributed by atoms with Crippen LogP contribution in [0.15, 0.2) is 39.9 Å². The van der Waals surface area contributed by atoms with Gasteiger partial charge in [0.25, 0.3) is 0 Å². The molecule has 7 heteroatoms. The molecule has 4 nitrogen and oxygen atoms in total. The highest BCUT2D eigenvalue weighted by Crippen LogP contribution is 2.31. The molecule has 116 valence electrons. The van der Waals surface area contributed by atoms with Crippen molar-refractivity contribution < 1.29 is 4.42 Å². The van der Waals surface area contributed by atoms with Crippen LogP contribution in [0.25, 0.3) is 11.3 Å². The van der Waals surface area contributed by atoms with E-state index < -0.39 is 0 Å². The van der Waals surface area contributed by atoms with Crippen LogP contribution in [0.1, 0.15) is 19.6 Å². The van der Waals surface area contributed by atoms with Crippen LogP contribution in [0.5, 0.6) is 0 Å².